The Balaban J connectivity index is 2.19. The molecule has 1 heterocycles. The van der Waals surface area contributed by atoms with Crippen molar-refractivity contribution in [2.75, 3.05) is 7.11 Å². The van der Waals surface area contributed by atoms with E-state index in [1.165, 1.54) is 10.8 Å². The highest BCUT2D eigenvalue weighted by atomic mass is 16.5. The van der Waals surface area contributed by atoms with Crippen molar-refractivity contribution in [2.45, 2.75) is 26.2 Å². The van der Waals surface area contributed by atoms with Gasteiger partial charge in [-0.2, -0.15) is 0 Å². The summed E-state index contributed by atoms with van der Waals surface area (Å²) < 4.78 is 5.56. The van der Waals surface area contributed by atoms with Crippen molar-refractivity contribution in [3.8, 4) is 28.1 Å². The molecular formula is C26H25NO. The number of rotatable bonds is 3. The highest BCUT2D eigenvalue weighted by Crippen LogP contribution is 2.41. The molecule has 0 amide bonds. The zero-order valence-electron chi connectivity index (χ0n) is 16.9. The predicted octanol–water partition coefficient (Wildman–Crippen LogP) is 6.87. The number of ether oxygens (including phenoxy) is 1. The van der Waals surface area contributed by atoms with Crippen LogP contribution in [-0.4, -0.2) is 12.1 Å². The largest absolute Gasteiger partial charge is 0.497 e. The SMILES string of the molecule is COc1ccc2c(C(C)(C)C)nc(-c3ccccc3)c(-c3ccccc3)c2c1. The van der Waals surface area contributed by atoms with Crippen molar-refractivity contribution in [3.05, 3.63) is 84.6 Å². The van der Waals surface area contributed by atoms with Crippen LogP contribution in [0.3, 0.4) is 0 Å². The molecular weight excluding hydrogens is 342 g/mol. The van der Waals surface area contributed by atoms with Crippen LogP contribution in [0.15, 0.2) is 78.9 Å². The van der Waals surface area contributed by atoms with E-state index in [-0.39, 0.29) is 5.41 Å². The summed E-state index contributed by atoms with van der Waals surface area (Å²) in [5.74, 6) is 0.856. The Morgan fingerprint density at radius 2 is 1.32 bits per heavy atom. The van der Waals surface area contributed by atoms with Gasteiger partial charge in [0.25, 0.3) is 0 Å². The average molecular weight is 367 g/mol. The number of methoxy groups -OCH3 is 1. The molecule has 0 unspecified atom stereocenters. The molecule has 28 heavy (non-hydrogen) atoms. The van der Waals surface area contributed by atoms with E-state index in [0.29, 0.717) is 0 Å². The van der Waals surface area contributed by atoms with Crippen LogP contribution in [0.25, 0.3) is 33.2 Å². The monoisotopic (exact) mass is 367 g/mol. The van der Waals surface area contributed by atoms with E-state index in [4.69, 9.17) is 9.72 Å². The van der Waals surface area contributed by atoms with Gasteiger partial charge < -0.3 is 4.74 Å². The highest BCUT2D eigenvalue weighted by molar-refractivity contribution is 6.04. The van der Waals surface area contributed by atoms with Crippen LogP contribution < -0.4 is 4.74 Å². The van der Waals surface area contributed by atoms with Crippen molar-refractivity contribution >= 4 is 10.8 Å². The molecule has 0 saturated heterocycles. The van der Waals surface area contributed by atoms with Crippen LogP contribution in [0.2, 0.25) is 0 Å². The lowest BCUT2D eigenvalue weighted by Gasteiger charge is -2.24. The van der Waals surface area contributed by atoms with E-state index >= 15 is 0 Å². The van der Waals surface area contributed by atoms with Crippen LogP contribution in [0.4, 0.5) is 0 Å². The van der Waals surface area contributed by atoms with Crippen molar-refractivity contribution in [2.24, 2.45) is 0 Å². The number of fused-ring (bicyclic) bond motifs is 1. The first kappa shape index (κ1) is 18.2. The summed E-state index contributed by atoms with van der Waals surface area (Å²) in [6.45, 7) is 6.65. The van der Waals surface area contributed by atoms with Crippen LogP contribution >= 0.6 is 0 Å². The second kappa shape index (κ2) is 7.12. The fourth-order valence-electron chi connectivity index (χ4n) is 3.69. The van der Waals surface area contributed by atoms with Gasteiger partial charge in [-0.25, -0.2) is 0 Å². The van der Waals surface area contributed by atoms with E-state index in [1.54, 1.807) is 7.11 Å². The fourth-order valence-corrected chi connectivity index (χ4v) is 3.69. The van der Waals surface area contributed by atoms with Gasteiger partial charge in [-0.1, -0.05) is 81.4 Å². The van der Waals surface area contributed by atoms with E-state index in [1.807, 2.05) is 18.2 Å². The first-order chi connectivity index (χ1) is 13.5. The minimum atomic E-state index is -0.0778. The molecule has 3 aromatic carbocycles. The third kappa shape index (κ3) is 3.27. The van der Waals surface area contributed by atoms with Gasteiger partial charge >= 0.3 is 0 Å². The van der Waals surface area contributed by atoms with Crippen molar-refractivity contribution in [3.63, 3.8) is 0 Å². The standard InChI is InChI=1S/C26H25NO/c1-26(2,3)25-21-16-15-20(28-4)17-22(21)23(18-11-7-5-8-12-18)24(27-25)19-13-9-6-10-14-19/h5-17H,1-4H3. The molecule has 4 rings (SSSR count). The van der Waals surface area contributed by atoms with Crippen LogP contribution in [0.5, 0.6) is 5.75 Å². The number of benzene rings is 3. The van der Waals surface area contributed by atoms with Gasteiger partial charge in [-0.3, -0.25) is 4.98 Å². The lowest BCUT2D eigenvalue weighted by atomic mass is 9.84. The molecule has 140 valence electrons. The molecule has 0 spiro atoms. The molecule has 0 aliphatic rings. The first-order valence-corrected chi connectivity index (χ1v) is 9.62. The highest BCUT2D eigenvalue weighted by Gasteiger charge is 2.24. The molecule has 2 nitrogen and oxygen atoms in total. The summed E-state index contributed by atoms with van der Waals surface area (Å²) in [7, 11) is 1.72. The summed E-state index contributed by atoms with van der Waals surface area (Å²) in [4.78, 5) is 5.23. The van der Waals surface area contributed by atoms with Gasteiger partial charge in [0.1, 0.15) is 5.75 Å². The van der Waals surface area contributed by atoms with Gasteiger partial charge in [0.2, 0.25) is 0 Å². The zero-order chi connectivity index (χ0) is 19.7. The molecule has 0 fully saturated rings. The Kier molecular flexibility index (Phi) is 4.64. The molecule has 0 N–H and O–H groups in total. The summed E-state index contributed by atoms with van der Waals surface area (Å²) in [5.41, 5.74) is 5.46. The summed E-state index contributed by atoms with van der Waals surface area (Å²) >= 11 is 0. The summed E-state index contributed by atoms with van der Waals surface area (Å²) in [6.07, 6.45) is 0. The Bertz CT molecular complexity index is 1110. The lowest BCUT2D eigenvalue weighted by Crippen LogP contribution is -2.15. The van der Waals surface area contributed by atoms with E-state index in [9.17, 15) is 0 Å². The third-order valence-electron chi connectivity index (χ3n) is 5.03. The second-order valence-corrected chi connectivity index (χ2v) is 8.08. The fraction of sp³-hybridized carbons (Fsp3) is 0.192. The maximum atomic E-state index is 5.56. The minimum absolute atomic E-state index is 0.0778. The van der Waals surface area contributed by atoms with Gasteiger partial charge in [0, 0.05) is 21.9 Å². The average Bonchev–Trinajstić information content (AvgIpc) is 2.72. The molecule has 0 atom stereocenters. The molecule has 0 saturated carbocycles. The minimum Gasteiger partial charge on any atom is -0.497 e. The Morgan fingerprint density at radius 1 is 0.714 bits per heavy atom. The van der Waals surface area contributed by atoms with Crippen molar-refractivity contribution < 1.29 is 4.74 Å². The van der Waals surface area contributed by atoms with Crippen LogP contribution in [-0.2, 0) is 5.41 Å². The van der Waals surface area contributed by atoms with Gasteiger partial charge in [0.15, 0.2) is 0 Å². The Labute approximate surface area is 166 Å². The van der Waals surface area contributed by atoms with Gasteiger partial charge in [-0.15, -0.1) is 0 Å². The molecule has 0 aliphatic carbocycles. The molecule has 1 aromatic heterocycles. The van der Waals surface area contributed by atoms with Crippen LogP contribution in [0.1, 0.15) is 26.5 Å². The predicted molar refractivity (Wildman–Crippen MR) is 118 cm³/mol. The van der Waals surface area contributed by atoms with E-state index < -0.39 is 0 Å². The quantitative estimate of drug-likeness (QED) is 0.394. The molecule has 4 aromatic rings. The number of pyridine rings is 1. The maximum Gasteiger partial charge on any atom is 0.119 e. The number of hydrogen-bond acceptors (Lipinski definition) is 2. The number of aromatic nitrogens is 1. The Morgan fingerprint density at radius 3 is 1.89 bits per heavy atom. The Hall–Kier alpha value is -3.13. The molecule has 0 bridgehead atoms. The number of hydrogen-bond donors (Lipinski definition) is 0. The summed E-state index contributed by atoms with van der Waals surface area (Å²) in [5, 5.41) is 2.34. The third-order valence-corrected chi connectivity index (χ3v) is 5.03. The topological polar surface area (TPSA) is 22.1 Å². The van der Waals surface area contributed by atoms with Gasteiger partial charge in [0.05, 0.1) is 18.5 Å². The smallest absolute Gasteiger partial charge is 0.119 e. The normalized spacial score (nSPS) is 11.6. The van der Waals surface area contributed by atoms with E-state index in [0.717, 1.165) is 33.8 Å². The first-order valence-electron chi connectivity index (χ1n) is 9.62. The van der Waals surface area contributed by atoms with Crippen molar-refractivity contribution in [1.29, 1.82) is 0 Å². The lowest BCUT2D eigenvalue weighted by molar-refractivity contribution is 0.415. The second-order valence-electron chi connectivity index (χ2n) is 8.08. The van der Waals surface area contributed by atoms with E-state index in [2.05, 4.69) is 81.4 Å². The number of nitrogens with zero attached hydrogens (tertiary/aromatic N) is 1. The summed E-state index contributed by atoms with van der Waals surface area (Å²) in [6, 6.07) is 27.3. The van der Waals surface area contributed by atoms with Crippen LogP contribution in [0, 0.1) is 0 Å². The van der Waals surface area contributed by atoms with Gasteiger partial charge in [-0.05, 0) is 29.1 Å². The molecule has 2 heteroatoms. The molecule has 0 radical (unpaired) electrons. The van der Waals surface area contributed by atoms with Crippen molar-refractivity contribution in [1.82, 2.24) is 4.98 Å². The maximum absolute atomic E-state index is 5.56. The zero-order valence-corrected chi connectivity index (χ0v) is 16.9. The molecule has 0 aliphatic heterocycles.